The van der Waals surface area contributed by atoms with Crippen LogP contribution in [0, 0.1) is 0 Å². The molecule has 2 aromatic carbocycles. The maximum absolute atomic E-state index is 12.9. The van der Waals surface area contributed by atoms with Crippen LogP contribution in [0.1, 0.15) is 43.4 Å². The molecule has 0 radical (unpaired) electrons. The molecule has 3 rings (SSSR count). The second-order valence-corrected chi connectivity index (χ2v) is 8.17. The Kier molecular flexibility index (Phi) is 6.22. The van der Waals surface area contributed by atoms with Gasteiger partial charge in [-0.25, -0.2) is 4.79 Å². The van der Waals surface area contributed by atoms with Crippen molar-refractivity contribution in [2.75, 3.05) is 13.6 Å². The SMILES string of the molecule is CC(C)c1ccc(CN(C)CC(=O)NN2C(=O)N[C@](C)(c3ccccc3)C2=O)cc1. The van der Waals surface area contributed by atoms with Crippen LogP contribution in [-0.2, 0) is 21.7 Å². The highest BCUT2D eigenvalue weighted by atomic mass is 16.2. The summed E-state index contributed by atoms with van der Waals surface area (Å²) in [6.07, 6.45) is 0. The smallest absolute Gasteiger partial charge is 0.318 e. The first kappa shape index (κ1) is 21.5. The van der Waals surface area contributed by atoms with Gasteiger partial charge in [-0.1, -0.05) is 68.4 Å². The predicted octanol–water partition coefficient (Wildman–Crippen LogP) is 2.74. The van der Waals surface area contributed by atoms with E-state index in [1.807, 2.05) is 30.1 Å². The van der Waals surface area contributed by atoms with Crippen LogP contribution in [-0.4, -0.2) is 41.3 Å². The van der Waals surface area contributed by atoms with Crippen molar-refractivity contribution < 1.29 is 14.4 Å². The Labute approximate surface area is 177 Å². The van der Waals surface area contributed by atoms with Crippen LogP contribution in [0.15, 0.2) is 54.6 Å². The Hall–Kier alpha value is -3.19. The average Bonchev–Trinajstić information content (AvgIpc) is 2.93. The van der Waals surface area contributed by atoms with Gasteiger partial charge in [0, 0.05) is 6.54 Å². The summed E-state index contributed by atoms with van der Waals surface area (Å²) < 4.78 is 0. The molecule has 7 nitrogen and oxygen atoms in total. The third kappa shape index (κ3) is 4.52. The Bertz CT molecular complexity index is 927. The molecule has 0 unspecified atom stereocenters. The minimum Gasteiger partial charge on any atom is -0.318 e. The molecule has 1 aliphatic rings. The fourth-order valence-corrected chi connectivity index (χ4v) is 3.49. The van der Waals surface area contributed by atoms with Gasteiger partial charge in [0.1, 0.15) is 5.54 Å². The second kappa shape index (κ2) is 8.67. The van der Waals surface area contributed by atoms with Gasteiger partial charge in [-0.15, -0.1) is 0 Å². The van der Waals surface area contributed by atoms with E-state index in [1.165, 1.54) is 5.56 Å². The van der Waals surface area contributed by atoms with Crippen molar-refractivity contribution >= 4 is 17.8 Å². The Morgan fingerprint density at radius 3 is 2.33 bits per heavy atom. The summed E-state index contributed by atoms with van der Waals surface area (Å²) in [5.74, 6) is -0.482. The number of nitrogens with zero attached hydrogens (tertiary/aromatic N) is 2. The van der Waals surface area contributed by atoms with E-state index in [0.29, 0.717) is 18.0 Å². The van der Waals surface area contributed by atoms with Crippen molar-refractivity contribution in [3.8, 4) is 0 Å². The van der Waals surface area contributed by atoms with E-state index in [2.05, 4.69) is 36.7 Å². The lowest BCUT2D eigenvalue weighted by atomic mass is 9.92. The van der Waals surface area contributed by atoms with Gasteiger partial charge in [0.05, 0.1) is 6.54 Å². The van der Waals surface area contributed by atoms with Gasteiger partial charge in [-0.2, -0.15) is 5.01 Å². The lowest BCUT2D eigenvalue weighted by Gasteiger charge is -2.22. The number of benzene rings is 2. The van der Waals surface area contributed by atoms with Crippen LogP contribution in [0.25, 0.3) is 0 Å². The number of hydrogen-bond acceptors (Lipinski definition) is 4. The number of urea groups is 1. The Morgan fingerprint density at radius 1 is 1.10 bits per heavy atom. The van der Waals surface area contributed by atoms with E-state index in [1.54, 1.807) is 31.2 Å². The highest BCUT2D eigenvalue weighted by Gasteiger charge is 2.49. The number of rotatable bonds is 7. The van der Waals surface area contributed by atoms with Gasteiger partial charge in [-0.05, 0) is 36.6 Å². The molecular formula is C23H28N4O3. The van der Waals surface area contributed by atoms with Gasteiger partial charge >= 0.3 is 6.03 Å². The number of likely N-dealkylation sites (N-methyl/N-ethyl adjacent to an activating group) is 1. The average molecular weight is 409 g/mol. The van der Waals surface area contributed by atoms with Crippen molar-refractivity contribution in [1.82, 2.24) is 20.7 Å². The number of hydrogen-bond donors (Lipinski definition) is 2. The van der Waals surface area contributed by atoms with Crippen molar-refractivity contribution in [2.45, 2.75) is 38.8 Å². The summed E-state index contributed by atoms with van der Waals surface area (Å²) in [5.41, 5.74) is 4.23. The maximum atomic E-state index is 12.9. The fraction of sp³-hybridized carbons (Fsp3) is 0.348. The zero-order valence-corrected chi connectivity index (χ0v) is 17.8. The van der Waals surface area contributed by atoms with Gasteiger partial charge in [0.2, 0.25) is 0 Å². The summed E-state index contributed by atoms with van der Waals surface area (Å²) in [6, 6.07) is 16.6. The molecule has 0 aromatic heterocycles. The first-order chi connectivity index (χ1) is 14.2. The van der Waals surface area contributed by atoms with Crippen LogP contribution >= 0.6 is 0 Å². The molecule has 1 atom stereocenters. The van der Waals surface area contributed by atoms with E-state index >= 15 is 0 Å². The van der Waals surface area contributed by atoms with Crippen LogP contribution in [0.2, 0.25) is 0 Å². The van der Waals surface area contributed by atoms with Crippen molar-refractivity contribution in [2.24, 2.45) is 0 Å². The Balaban J connectivity index is 1.59. The molecule has 7 heteroatoms. The zero-order valence-electron chi connectivity index (χ0n) is 17.8. The summed E-state index contributed by atoms with van der Waals surface area (Å²) in [4.78, 5) is 39.5. The standard InChI is InChI=1S/C23H28N4O3/c1-16(2)18-12-10-17(11-13-18)14-26(4)15-20(28)25-27-21(29)23(3,24-22(27)30)19-8-6-5-7-9-19/h5-13,16H,14-15H2,1-4H3,(H,24,30)(H,25,28)/t23-/m1/s1. The van der Waals surface area contributed by atoms with Gasteiger partial charge in [0.15, 0.2) is 0 Å². The molecule has 0 bridgehead atoms. The topological polar surface area (TPSA) is 81.8 Å². The monoisotopic (exact) mass is 408 g/mol. The van der Waals surface area contributed by atoms with Crippen LogP contribution in [0.4, 0.5) is 4.79 Å². The summed E-state index contributed by atoms with van der Waals surface area (Å²) in [5, 5.41) is 3.43. The predicted molar refractivity (Wildman–Crippen MR) is 114 cm³/mol. The minimum atomic E-state index is -1.21. The molecular weight excluding hydrogens is 380 g/mol. The number of amides is 4. The first-order valence-electron chi connectivity index (χ1n) is 10.00. The van der Waals surface area contributed by atoms with Gasteiger partial charge in [0.25, 0.3) is 11.8 Å². The van der Waals surface area contributed by atoms with E-state index < -0.39 is 23.4 Å². The number of carbonyl (C=O) groups excluding carboxylic acids is 3. The normalized spacial score (nSPS) is 18.8. The van der Waals surface area contributed by atoms with Gasteiger partial charge < -0.3 is 5.32 Å². The molecule has 0 aliphatic carbocycles. The largest absolute Gasteiger partial charge is 0.344 e. The third-order valence-electron chi connectivity index (χ3n) is 5.29. The molecule has 1 heterocycles. The van der Waals surface area contributed by atoms with E-state index in [4.69, 9.17) is 0 Å². The van der Waals surface area contributed by atoms with Crippen LogP contribution < -0.4 is 10.7 Å². The van der Waals surface area contributed by atoms with Crippen LogP contribution in [0.3, 0.4) is 0 Å². The molecule has 2 aromatic rings. The van der Waals surface area contributed by atoms with Crippen molar-refractivity contribution in [3.05, 3.63) is 71.3 Å². The Morgan fingerprint density at radius 2 is 1.73 bits per heavy atom. The molecule has 1 fully saturated rings. The number of hydrazine groups is 1. The summed E-state index contributed by atoms with van der Waals surface area (Å²) >= 11 is 0. The number of carbonyl (C=O) groups is 3. The van der Waals surface area contributed by atoms with E-state index in [9.17, 15) is 14.4 Å². The first-order valence-corrected chi connectivity index (χ1v) is 10.00. The molecule has 158 valence electrons. The van der Waals surface area contributed by atoms with Crippen LogP contribution in [0.5, 0.6) is 0 Å². The van der Waals surface area contributed by atoms with Crippen molar-refractivity contribution in [3.63, 3.8) is 0 Å². The molecule has 2 N–H and O–H groups in total. The molecule has 0 saturated carbocycles. The third-order valence-corrected chi connectivity index (χ3v) is 5.29. The number of nitrogens with one attached hydrogen (secondary N) is 2. The second-order valence-electron chi connectivity index (χ2n) is 8.17. The molecule has 4 amide bonds. The summed E-state index contributed by atoms with van der Waals surface area (Å²) in [6.45, 7) is 6.54. The maximum Gasteiger partial charge on any atom is 0.344 e. The van der Waals surface area contributed by atoms with Gasteiger partial charge in [-0.3, -0.25) is 19.9 Å². The quantitative estimate of drug-likeness (QED) is 0.691. The highest BCUT2D eigenvalue weighted by molar-refractivity contribution is 6.08. The van der Waals surface area contributed by atoms with E-state index in [-0.39, 0.29) is 6.54 Å². The highest BCUT2D eigenvalue weighted by Crippen LogP contribution is 2.27. The molecule has 30 heavy (non-hydrogen) atoms. The zero-order chi connectivity index (χ0) is 21.9. The summed E-state index contributed by atoms with van der Waals surface area (Å²) in [7, 11) is 1.82. The number of imide groups is 1. The molecule has 1 aliphatic heterocycles. The lowest BCUT2D eigenvalue weighted by molar-refractivity contribution is -0.139. The minimum absolute atomic E-state index is 0.0467. The molecule has 1 saturated heterocycles. The lowest BCUT2D eigenvalue weighted by Crippen LogP contribution is -2.50. The van der Waals surface area contributed by atoms with E-state index in [0.717, 1.165) is 10.6 Å². The van der Waals surface area contributed by atoms with Crippen molar-refractivity contribution in [1.29, 1.82) is 0 Å². The molecule has 0 spiro atoms. The fourth-order valence-electron chi connectivity index (χ4n) is 3.49.